The van der Waals surface area contributed by atoms with E-state index < -0.39 is 4.92 Å². The van der Waals surface area contributed by atoms with Crippen molar-refractivity contribution in [3.05, 3.63) is 69.0 Å². The number of piperidine rings is 1. The standard InChI is InChI=1S/C22H22ClFN2O4/c23-16-3-8-21(20(12-16)26(28)29)30-13-22(27)25-18-6-7-19(25)11-15(10-18)9-14-1-4-17(24)5-2-14/h1-5,8,12,15,18-19H,6-7,9-11,13H2. The Morgan fingerprint density at radius 1 is 1.17 bits per heavy atom. The second kappa shape index (κ2) is 8.60. The zero-order chi connectivity index (χ0) is 21.3. The minimum atomic E-state index is -0.573. The van der Waals surface area contributed by atoms with Crippen molar-refractivity contribution in [3.8, 4) is 5.75 Å². The Hall–Kier alpha value is -2.67. The summed E-state index contributed by atoms with van der Waals surface area (Å²) in [5.74, 6) is 0.110. The maximum Gasteiger partial charge on any atom is 0.312 e. The smallest absolute Gasteiger partial charge is 0.312 e. The van der Waals surface area contributed by atoms with E-state index in [9.17, 15) is 19.3 Å². The molecule has 0 radical (unpaired) electrons. The molecule has 4 rings (SSSR count). The fraction of sp³-hybridized carbons (Fsp3) is 0.409. The molecule has 158 valence electrons. The van der Waals surface area contributed by atoms with Gasteiger partial charge in [-0.25, -0.2) is 4.39 Å². The quantitative estimate of drug-likeness (QED) is 0.486. The van der Waals surface area contributed by atoms with Crippen molar-refractivity contribution in [1.82, 2.24) is 4.90 Å². The maximum absolute atomic E-state index is 13.1. The average molecular weight is 433 g/mol. The van der Waals surface area contributed by atoms with Crippen LogP contribution in [0.25, 0.3) is 0 Å². The van der Waals surface area contributed by atoms with Crippen LogP contribution in [0, 0.1) is 21.8 Å². The number of benzene rings is 2. The number of carbonyl (C=O) groups excluding carboxylic acids is 1. The van der Waals surface area contributed by atoms with Crippen LogP contribution in [0.4, 0.5) is 10.1 Å². The van der Waals surface area contributed by atoms with Crippen LogP contribution >= 0.6 is 11.6 Å². The summed E-state index contributed by atoms with van der Waals surface area (Å²) in [5, 5.41) is 11.4. The van der Waals surface area contributed by atoms with Gasteiger partial charge in [0.2, 0.25) is 0 Å². The molecule has 2 atom stereocenters. The van der Waals surface area contributed by atoms with Crippen molar-refractivity contribution >= 4 is 23.2 Å². The number of ether oxygens (including phenoxy) is 1. The van der Waals surface area contributed by atoms with E-state index in [1.807, 2.05) is 17.0 Å². The predicted molar refractivity (Wildman–Crippen MR) is 110 cm³/mol. The summed E-state index contributed by atoms with van der Waals surface area (Å²) >= 11 is 5.82. The zero-order valence-electron chi connectivity index (χ0n) is 16.3. The van der Waals surface area contributed by atoms with Gasteiger partial charge < -0.3 is 9.64 Å². The molecule has 2 unspecified atom stereocenters. The van der Waals surface area contributed by atoms with Crippen molar-refractivity contribution in [2.45, 2.75) is 44.2 Å². The molecule has 2 aliphatic rings. The number of nitrogens with zero attached hydrogens (tertiary/aromatic N) is 2. The zero-order valence-corrected chi connectivity index (χ0v) is 17.1. The number of carbonyl (C=O) groups is 1. The summed E-state index contributed by atoms with van der Waals surface area (Å²) in [5.41, 5.74) is 0.857. The third-order valence-corrected chi connectivity index (χ3v) is 6.26. The van der Waals surface area contributed by atoms with Crippen molar-refractivity contribution in [1.29, 1.82) is 0 Å². The molecule has 2 aliphatic heterocycles. The number of rotatable bonds is 6. The molecule has 2 aromatic rings. The number of nitro benzene ring substituents is 1. The second-order valence-electron chi connectivity index (χ2n) is 8.01. The molecule has 6 nitrogen and oxygen atoms in total. The summed E-state index contributed by atoms with van der Waals surface area (Å²) in [7, 11) is 0. The van der Waals surface area contributed by atoms with E-state index in [0.717, 1.165) is 37.7 Å². The molecular formula is C22H22ClFN2O4. The Kier molecular flexibility index (Phi) is 5.90. The summed E-state index contributed by atoms with van der Waals surface area (Å²) in [6.45, 7) is -0.238. The maximum atomic E-state index is 13.1. The Morgan fingerprint density at radius 3 is 2.47 bits per heavy atom. The minimum Gasteiger partial charge on any atom is -0.477 e. The van der Waals surface area contributed by atoms with E-state index in [2.05, 4.69) is 0 Å². The highest BCUT2D eigenvalue weighted by molar-refractivity contribution is 6.30. The molecule has 0 N–H and O–H groups in total. The molecule has 2 aromatic carbocycles. The Balaban J connectivity index is 1.37. The van der Waals surface area contributed by atoms with Crippen molar-refractivity contribution in [3.63, 3.8) is 0 Å². The average Bonchev–Trinajstić information content (AvgIpc) is 2.99. The van der Waals surface area contributed by atoms with Gasteiger partial charge in [-0.2, -0.15) is 0 Å². The predicted octanol–water partition coefficient (Wildman–Crippen LogP) is 4.78. The van der Waals surface area contributed by atoms with Gasteiger partial charge in [-0.15, -0.1) is 0 Å². The fourth-order valence-corrected chi connectivity index (χ4v) is 4.95. The first-order chi connectivity index (χ1) is 14.4. The molecule has 2 saturated heterocycles. The number of hydrogen-bond acceptors (Lipinski definition) is 4. The SMILES string of the molecule is O=C(COc1ccc(Cl)cc1[N+](=O)[O-])N1C2CCC1CC(Cc1ccc(F)cc1)C2. The molecule has 0 aromatic heterocycles. The van der Waals surface area contributed by atoms with Crippen LogP contribution in [0.5, 0.6) is 5.75 Å². The first-order valence-corrected chi connectivity index (χ1v) is 10.4. The minimum absolute atomic E-state index is 0.0382. The number of hydrogen-bond donors (Lipinski definition) is 0. The number of halogens is 2. The van der Waals surface area contributed by atoms with Gasteiger partial charge in [0.05, 0.1) is 4.92 Å². The van der Waals surface area contributed by atoms with E-state index in [1.54, 1.807) is 0 Å². The first-order valence-electron chi connectivity index (χ1n) is 10.0. The number of amides is 1. The van der Waals surface area contributed by atoms with Crippen LogP contribution < -0.4 is 4.74 Å². The Labute approximate surface area is 178 Å². The lowest BCUT2D eigenvalue weighted by Gasteiger charge is -2.39. The van der Waals surface area contributed by atoms with Crippen LogP contribution in [0.1, 0.15) is 31.2 Å². The van der Waals surface area contributed by atoms with Gasteiger partial charge in [0.25, 0.3) is 5.91 Å². The van der Waals surface area contributed by atoms with Gasteiger partial charge in [0, 0.05) is 23.2 Å². The monoisotopic (exact) mass is 432 g/mol. The second-order valence-corrected chi connectivity index (χ2v) is 8.45. The van der Waals surface area contributed by atoms with Gasteiger partial charge in [-0.1, -0.05) is 23.7 Å². The Bertz CT molecular complexity index is 939. The van der Waals surface area contributed by atoms with Crippen LogP contribution in [0.2, 0.25) is 5.02 Å². The molecule has 30 heavy (non-hydrogen) atoms. The third-order valence-electron chi connectivity index (χ3n) is 6.03. The van der Waals surface area contributed by atoms with Crippen LogP contribution in [0.15, 0.2) is 42.5 Å². The van der Waals surface area contributed by atoms with Crippen molar-refractivity contribution < 1.29 is 18.8 Å². The number of nitro groups is 1. The van der Waals surface area contributed by atoms with Gasteiger partial charge in [-0.3, -0.25) is 14.9 Å². The van der Waals surface area contributed by atoms with Crippen LogP contribution in [0.3, 0.4) is 0 Å². The van der Waals surface area contributed by atoms with E-state index in [1.165, 1.54) is 30.3 Å². The number of fused-ring (bicyclic) bond motifs is 2. The van der Waals surface area contributed by atoms with Gasteiger partial charge in [0.15, 0.2) is 12.4 Å². The summed E-state index contributed by atoms with van der Waals surface area (Å²) in [4.78, 5) is 25.4. The molecule has 2 heterocycles. The fourth-order valence-electron chi connectivity index (χ4n) is 4.79. The van der Waals surface area contributed by atoms with E-state index >= 15 is 0 Å². The molecule has 1 amide bonds. The Morgan fingerprint density at radius 2 is 1.83 bits per heavy atom. The molecule has 0 aliphatic carbocycles. The summed E-state index contributed by atoms with van der Waals surface area (Å²) in [6.07, 6.45) is 4.60. The summed E-state index contributed by atoms with van der Waals surface area (Å²) in [6, 6.07) is 11.0. The van der Waals surface area contributed by atoms with Gasteiger partial charge in [0.1, 0.15) is 5.82 Å². The normalized spacial score (nSPS) is 22.7. The highest BCUT2D eigenvalue weighted by atomic mass is 35.5. The van der Waals surface area contributed by atoms with E-state index in [-0.39, 0.29) is 46.9 Å². The molecule has 0 saturated carbocycles. The highest BCUT2D eigenvalue weighted by Crippen LogP contribution is 2.40. The van der Waals surface area contributed by atoms with Crippen LogP contribution in [-0.4, -0.2) is 34.4 Å². The van der Waals surface area contributed by atoms with Gasteiger partial charge >= 0.3 is 5.69 Å². The third kappa shape index (κ3) is 4.41. The van der Waals surface area contributed by atoms with E-state index in [4.69, 9.17) is 16.3 Å². The lowest BCUT2D eigenvalue weighted by Crippen LogP contribution is -2.48. The lowest BCUT2D eigenvalue weighted by atomic mass is 9.86. The lowest BCUT2D eigenvalue weighted by molar-refractivity contribution is -0.385. The first kappa shape index (κ1) is 20.6. The molecular weight excluding hydrogens is 411 g/mol. The topological polar surface area (TPSA) is 72.7 Å². The molecule has 0 spiro atoms. The van der Waals surface area contributed by atoms with Crippen molar-refractivity contribution in [2.24, 2.45) is 5.92 Å². The van der Waals surface area contributed by atoms with Crippen molar-refractivity contribution in [2.75, 3.05) is 6.61 Å². The van der Waals surface area contributed by atoms with Crippen LogP contribution in [-0.2, 0) is 11.2 Å². The highest BCUT2D eigenvalue weighted by Gasteiger charge is 2.43. The van der Waals surface area contributed by atoms with E-state index in [0.29, 0.717) is 5.92 Å². The largest absolute Gasteiger partial charge is 0.477 e. The molecule has 2 fully saturated rings. The molecule has 8 heteroatoms. The summed E-state index contributed by atoms with van der Waals surface area (Å²) < 4.78 is 18.6. The van der Waals surface area contributed by atoms with Gasteiger partial charge in [-0.05, 0) is 67.9 Å². The molecule has 2 bridgehead atoms.